The molecular weight excluding hydrogens is 248 g/mol. The van der Waals surface area contributed by atoms with Crippen LogP contribution in [0.2, 0.25) is 0 Å². The average Bonchev–Trinajstić information content (AvgIpc) is 2.57. The molecule has 1 aliphatic heterocycles. The summed E-state index contributed by atoms with van der Waals surface area (Å²) in [7, 11) is 0. The highest BCUT2D eigenvalue weighted by Gasteiger charge is 2.43. The molecular formula is C9H12N2O5S. The van der Waals surface area contributed by atoms with E-state index in [9.17, 15) is 19.8 Å². The van der Waals surface area contributed by atoms with Gasteiger partial charge in [0.1, 0.15) is 0 Å². The van der Waals surface area contributed by atoms with Crippen LogP contribution in [0.5, 0.6) is 0 Å². The van der Waals surface area contributed by atoms with Crippen LogP contribution in [0.15, 0.2) is 15.8 Å². The lowest BCUT2D eigenvalue weighted by Gasteiger charge is -2.14. The Kier molecular flexibility index (Phi) is 3.38. The van der Waals surface area contributed by atoms with Gasteiger partial charge < -0.3 is 20.3 Å². The zero-order valence-corrected chi connectivity index (χ0v) is 9.48. The largest absolute Gasteiger partial charge is 0.395 e. The van der Waals surface area contributed by atoms with Crippen molar-refractivity contribution in [1.82, 2.24) is 9.97 Å². The molecule has 4 atom stereocenters. The number of aliphatic hydroxyl groups excluding tert-OH is 3. The summed E-state index contributed by atoms with van der Waals surface area (Å²) < 4.78 is 0. The van der Waals surface area contributed by atoms with Crippen LogP contribution in [0.3, 0.4) is 0 Å². The fourth-order valence-electron chi connectivity index (χ4n) is 1.79. The summed E-state index contributed by atoms with van der Waals surface area (Å²) in [6, 6.07) is 0. The summed E-state index contributed by atoms with van der Waals surface area (Å²) in [6.07, 6.45) is -1.03. The van der Waals surface area contributed by atoms with E-state index >= 15 is 0 Å². The molecule has 8 heteroatoms. The van der Waals surface area contributed by atoms with Gasteiger partial charge in [-0.3, -0.25) is 9.78 Å². The normalized spacial score (nSPS) is 32.9. The fraction of sp³-hybridized carbons (Fsp3) is 0.556. The molecule has 0 bridgehead atoms. The van der Waals surface area contributed by atoms with Gasteiger partial charge in [0, 0.05) is 11.8 Å². The van der Waals surface area contributed by atoms with Gasteiger partial charge in [0.05, 0.1) is 29.3 Å². The topological polar surface area (TPSA) is 126 Å². The van der Waals surface area contributed by atoms with Crippen molar-refractivity contribution in [2.75, 3.05) is 6.61 Å². The highest BCUT2D eigenvalue weighted by molar-refractivity contribution is 8.00. The first-order valence-corrected chi connectivity index (χ1v) is 5.93. The SMILES string of the molecule is O=c1[nH]cc(C2S[C@H](CO)[C@@H](O)[C@H]2O)c(=O)[nH]1. The minimum atomic E-state index is -1.15. The van der Waals surface area contributed by atoms with E-state index in [2.05, 4.69) is 4.98 Å². The van der Waals surface area contributed by atoms with E-state index < -0.39 is 34.0 Å². The van der Waals surface area contributed by atoms with Crippen molar-refractivity contribution >= 4 is 11.8 Å². The number of aromatic nitrogens is 2. The molecule has 1 aromatic rings. The second-order valence-electron chi connectivity index (χ2n) is 3.79. The highest BCUT2D eigenvalue weighted by Crippen LogP contribution is 2.43. The Bertz CT molecular complexity index is 513. The minimum absolute atomic E-state index is 0.178. The summed E-state index contributed by atoms with van der Waals surface area (Å²) >= 11 is 1.11. The molecule has 0 aromatic carbocycles. The third-order valence-electron chi connectivity index (χ3n) is 2.70. The molecule has 2 heterocycles. The first kappa shape index (κ1) is 12.4. The predicted molar refractivity (Wildman–Crippen MR) is 60.9 cm³/mol. The lowest BCUT2D eigenvalue weighted by molar-refractivity contribution is 0.0196. The predicted octanol–water partition coefficient (Wildman–Crippen LogP) is -2.07. The molecule has 1 saturated heterocycles. The molecule has 1 fully saturated rings. The zero-order chi connectivity index (χ0) is 12.6. The van der Waals surface area contributed by atoms with Gasteiger partial charge in [-0.05, 0) is 0 Å². The molecule has 0 radical (unpaired) electrons. The van der Waals surface area contributed by atoms with E-state index in [0.717, 1.165) is 11.8 Å². The van der Waals surface area contributed by atoms with Crippen molar-refractivity contribution in [3.05, 3.63) is 32.6 Å². The standard InChI is InChI=1S/C9H12N2O5S/c12-2-4-5(13)6(14)7(17-4)3-1-10-9(16)11-8(3)15/h1,4-7,12-14H,2H2,(H2,10,11,15,16)/t4-,5-,6-,7?/m1/s1. The lowest BCUT2D eigenvalue weighted by Crippen LogP contribution is -2.33. The van der Waals surface area contributed by atoms with Crippen LogP contribution < -0.4 is 11.2 Å². The van der Waals surface area contributed by atoms with Gasteiger partial charge >= 0.3 is 5.69 Å². The molecule has 0 saturated carbocycles. The number of nitrogens with one attached hydrogen (secondary N) is 2. The van der Waals surface area contributed by atoms with Crippen molar-refractivity contribution in [2.45, 2.75) is 22.7 Å². The zero-order valence-electron chi connectivity index (χ0n) is 8.66. The van der Waals surface area contributed by atoms with E-state index in [1.54, 1.807) is 0 Å². The number of H-pyrrole nitrogens is 2. The Morgan fingerprint density at radius 1 is 1.29 bits per heavy atom. The fourth-order valence-corrected chi connectivity index (χ4v) is 3.22. The highest BCUT2D eigenvalue weighted by atomic mass is 32.2. The maximum atomic E-state index is 11.5. The number of hydrogen-bond acceptors (Lipinski definition) is 6. The molecule has 1 unspecified atom stereocenters. The Morgan fingerprint density at radius 2 is 2.00 bits per heavy atom. The minimum Gasteiger partial charge on any atom is -0.395 e. The monoisotopic (exact) mass is 260 g/mol. The molecule has 5 N–H and O–H groups in total. The van der Waals surface area contributed by atoms with Crippen LogP contribution in [-0.2, 0) is 0 Å². The van der Waals surface area contributed by atoms with Crippen molar-refractivity contribution in [3.8, 4) is 0 Å². The van der Waals surface area contributed by atoms with Gasteiger partial charge in [0.15, 0.2) is 0 Å². The lowest BCUT2D eigenvalue weighted by atomic mass is 10.0. The number of thioether (sulfide) groups is 1. The molecule has 94 valence electrons. The van der Waals surface area contributed by atoms with Crippen LogP contribution in [0.4, 0.5) is 0 Å². The van der Waals surface area contributed by atoms with Gasteiger partial charge in [0.2, 0.25) is 0 Å². The number of aromatic amines is 2. The van der Waals surface area contributed by atoms with Crippen LogP contribution >= 0.6 is 11.8 Å². The molecule has 1 aromatic heterocycles. The quantitative estimate of drug-likeness (QED) is 0.416. The number of rotatable bonds is 2. The molecule has 1 aliphatic rings. The Labute approximate surface area is 99.5 Å². The van der Waals surface area contributed by atoms with Gasteiger partial charge in [0.25, 0.3) is 5.56 Å². The molecule has 7 nitrogen and oxygen atoms in total. The van der Waals surface area contributed by atoms with E-state index in [0.29, 0.717) is 0 Å². The molecule has 0 aliphatic carbocycles. The van der Waals surface area contributed by atoms with Crippen molar-refractivity contribution in [1.29, 1.82) is 0 Å². The van der Waals surface area contributed by atoms with Gasteiger partial charge in [-0.1, -0.05) is 0 Å². The van der Waals surface area contributed by atoms with Crippen LogP contribution in [0, 0.1) is 0 Å². The number of hydrogen-bond donors (Lipinski definition) is 5. The first-order valence-electron chi connectivity index (χ1n) is 4.99. The third kappa shape index (κ3) is 2.16. The summed E-state index contributed by atoms with van der Waals surface area (Å²) in [4.78, 5) is 26.7. The summed E-state index contributed by atoms with van der Waals surface area (Å²) in [5, 5.41) is 27.2. The molecule has 0 spiro atoms. The number of aliphatic hydroxyl groups is 3. The summed E-state index contributed by atoms with van der Waals surface area (Å²) in [5.74, 6) is 0. The Balaban J connectivity index is 2.35. The maximum absolute atomic E-state index is 11.5. The van der Waals surface area contributed by atoms with E-state index in [-0.39, 0.29) is 12.2 Å². The second kappa shape index (κ2) is 4.65. The van der Waals surface area contributed by atoms with Gasteiger partial charge in [-0.15, -0.1) is 11.8 Å². The van der Waals surface area contributed by atoms with Crippen LogP contribution in [-0.4, -0.2) is 49.4 Å². The van der Waals surface area contributed by atoms with Gasteiger partial charge in [-0.2, -0.15) is 0 Å². The first-order chi connectivity index (χ1) is 8.04. The van der Waals surface area contributed by atoms with E-state index in [1.807, 2.05) is 4.98 Å². The molecule has 0 amide bonds. The van der Waals surface area contributed by atoms with Crippen molar-refractivity contribution in [2.24, 2.45) is 0 Å². The smallest absolute Gasteiger partial charge is 0.325 e. The van der Waals surface area contributed by atoms with E-state index in [1.165, 1.54) is 6.20 Å². The van der Waals surface area contributed by atoms with Crippen molar-refractivity contribution in [3.63, 3.8) is 0 Å². The average molecular weight is 260 g/mol. The summed E-state index contributed by atoms with van der Waals surface area (Å²) in [5.41, 5.74) is -1.05. The molecule has 2 rings (SSSR count). The summed E-state index contributed by atoms with van der Waals surface area (Å²) in [6.45, 7) is -0.291. The van der Waals surface area contributed by atoms with Gasteiger partial charge in [-0.25, -0.2) is 4.79 Å². The van der Waals surface area contributed by atoms with Crippen LogP contribution in [0.1, 0.15) is 10.8 Å². The molecule has 17 heavy (non-hydrogen) atoms. The maximum Gasteiger partial charge on any atom is 0.325 e. The Morgan fingerprint density at radius 3 is 2.53 bits per heavy atom. The Hall–Kier alpha value is -1.09. The third-order valence-corrected chi connectivity index (χ3v) is 4.30. The van der Waals surface area contributed by atoms with Crippen LogP contribution in [0.25, 0.3) is 0 Å². The second-order valence-corrected chi connectivity index (χ2v) is 5.17. The van der Waals surface area contributed by atoms with Crippen molar-refractivity contribution < 1.29 is 15.3 Å². The van der Waals surface area contributed by atoms with E-state index in [4.69, 9.17) is 5.11 Å².